The summed E-state index contributed by atoms with van der Waals surface area (Å²) in [4.78, 5) is 12.2. The van der Waals surface area contributed by atoms with Gasteiger partial charge in [0.05, 0.1) is 0 Å². The summed E-state index contributed by atoms with van der Waals surface area (Å²) in [5, 5.41) is 0. The maximum Gasteiger partial charge on any atom is 0.136 e. The van der Waals surface area contributed by atoms with Crippen LogP contribution >= 0.6 is 0 Å². The zero-order valence-corrected chi connectivity index (χ0v) is 10.2. The predicted octanol–water partition coefficient (Wildman–Crippen LogP) is 3.57. The summed E-state index contributed by atoms with van der Waals surface area (Å²) in [6, 6.07) is 10.6. The van der Waals surface area contributed by atoms with Gasteiger partial charge in [-0.1, -0.05) is 49.4 Å². The summed E-state index contributed by atoms with van der Waals surface area (Å²) in [7, 11) is 0. The summed E-state index contributed by atoms with van der Waals surface area (Å²) in [6.07, 6.45) is 6.44. The number of hydrogen-bond donors (Lipinski definition) is 0. The zero-order chi connectivity index (χ0) is 11.8. The van der Waals surface area contributed by atoms with Crippen molar-refractivity contribution in [2.45, 2.75) is 25.7 Å². The topological polar surface area (TPSA) is 17.1 Å². The van der Waals surface area contributed by atoms with E-state index in [9.17, 15) is 4.79 Å². The van der Waals surface area contributed by atoms with Gasteiger partial charge in [0.25, 0.3) is 0 Å². The van der Waals surface area contributed by atoms with Crippen LogP contribution in [0.4, 0.5) is 0 Å². The van der Waals surface area contributed by atoms with Crippen LogP contribution in [0.25, 0.3) is 0 Å². The molecule has 4 atom stereocenters. The SMILES string of the molecule is CCC(=O)[C@H]1[C@H](c2ccccc2)[C@H]2C=C[C@@H]1C2. The van der Waals surface area contributed by atoms with E-state index in [2.05, 4.69) is 36.4 Å². The quantitative estimate of drug-likeness (QED) is 0.720. The second-order valence-corrected chi connectivity index (χ2v) is 5.23. The molecule has 1 aromatic carbocycles. The Bertz CT molecular complexity index is 446. The van der Waals surface area contributed by atoms with Crippen molar-refractivity contribution in [1.82, 2.24) is 0 Å². The van der Waals surface area contributed by atoms with Crippen molar-refractivity contribution in [3.8, 4) is 0 Å². The van der Waals surface area contributed by atoms with E-state index in [1.165, 1.54) is 12.0 Å². The minimum Gasteiger partial charge on any atom is -0.299 e. The maximum absolute atomic E-state index is 12.2. The molecule has 1 heteroatoms. The van der Waals surface area contributed by atoms with E-state index in [1.54, 1.807) is 0 Å². The molecule has 0 N–H and O–H groups in total. The molecule has 1 nitrogen and oxygen atoms in total. The Hall–Kier alpha value is -1.37. The molecule has 17 heavy (non-hydrogen) atoms. The lowest BCUT2D eigenvalue weighted by Gasteiger charge is -2.27. The first-order valence-electron chi connectivity index (χ1n) is 6.57. The number of fused-ring (bicyclic) bond motifs is 2. The molecule has 0 radical (unpaired) electrons. The Labute approximate surface area is 103 Å². The molecule has 0 heterocycles. The van der Waals surface area contributed by atoms with Crippen LogP contribution in [0, 0.1) is 17.8 Å². The van der Waals surface area contributed by atoms with E-state index in [-0.39, 0.29) is 5.92 Å². The highest BCUT2D eigenvalue weighted by Crippen LogP contribution is 2.53. The van der Waals surface area contributed by atoms with Crippen LogP contribution in [0.2, 0.25) is 0 Å². The summed E-state index contributed by atoms with van der Waals surface area (Å²) in [6.45, 7) is 1.99. The normalized spacial score (nSPS) is 34.2. The Morgan fingerprint density at radius 3 is 2.59 bits per heavy atom. The van der Waals surface area contributed by atoms with Crippen molar-refractivity contribution < 1.29 is 4.79 Å². The van der Waals surface area contributed by atoms with Gasteiger partial charge in [0, 0.05) is 18.3 Å². The van der Waals surface area contributed by atoms with E-state index >= 15 is 0 Å². The third-order valence-electron chi connectivity index (χ3n) is 4.36. The lowest BCUT2D eigenvalue weighted by molar-refractivity contribution is -0.123. The third-order valence-corrected chi connectivity index (χ3v) is 4.36. The highest BCUT2D eigenvalue weighted by Gasteiger charge is 2.47. The van der Waals surface area contributed by atoms with E-state index in [0.717, 1.165) is 0 Å². The number of Topliss-reactive ketones (excluding diaryl/α,β-unsaturated/α-hetero) is 1. The Morgan fingerprint density at radius 2 is 1.88 bits per heavy atom. The van der Waals surface area contributed by atoms with E-state index in [1.807, 2.05) is 13.0 Å². The van der Waals surface area contributed by atoms with Crippen LogP contribution in [-0.4, -0.2) is 5.78 Å². The Balaban J connectivity index is 1.97. The second kappa shape index (κ2) is 4.14. The molecule has 1 aromatic rings. The van der Waals surface area contributed by atoms with Gasteiger partial charge in [-0.3, -0.25) is 4.79 Å². The fourth-order valence-corrected chi connectivity index (χ4v) is 3.63. The van der Waals surface area contributed by atoms with Crippen LogP contribution in [0.15, 0.2) is 42.5 Å². The van der Waals surface area contributed by atoms with E-state index in [0.29, 0.717) is 30.0 Å². The molecule has 3 rings (SSSR count). The van der Waals surface area contributed by atoms with Gasteiger partial charge in [-0.15, -0.1) is 0 Å². The van der Waals surface area contributed by atoms with Crippen LogP contribution in [0.3, 0.4) is 0 Å². The fourth-order valence-electron chi connectivity index (χ4n) is 3.63. The molecular weight excluding hydrogens is 208 g/mol. The van der Waals surface area contributed by atoms with Gasteiger partial charge in [0.2, 0.25) is 0 Å². The van der Waals surface area contributed by atoms with Crippen LogP contribution in [0.5, 0.6) is 0 Å². The summed E-state index contributed by atoms with van der Waals surface area (Å²) in [5.41, 5.74) is 1.34. The number of rotatable bonds is 3. The molecule has 2 aliphatic carbocycles. The zero-order valence-electron chi connectivity index (χ0n) is 10.2. The van der Waals surface area contributed by atoms with Gasteiger partial charge >= 0.3 is 0 Å². The lowest BCUT2D eigenvalue weighted by atomic mass is 9.76. The Kier molecular flexibility index (Phi) is 2.62. The van der Waals surface area contributed by atoms with E-state index < -0.39 is 0 Å². The van der Waals surface area contributed by atoms with Gasteiger partial charge in [-0.25, -0.2) is 0 Å². The molecule has 0 unspecified atom stereocenters. The van der Waals surface area contributed by atoms with Crippen molar-refractivity contribution in [3.63, 3.8) is 0 Å². The molecule has 0 spiro atoms. The number of benzene rings is 1. The first-order chi connectivity index (χ1) is 8.31. The molecule has 2 bridgehead atoms. The van der Waals surface area contributed by atoms with Crippen molar-refractivity contribution in [1.29, 1.82) is 0 Å². The number of carbonyl (C=O) groups is 1. The first kappa shape index (κ1) is 10.8. The minimum atomic E-state index is 0.234. The standard InChI is InChI=1S/C16H18O/c1-2-14(17)16-13-9-8-12(10-13)15(16)11-6-4-3-5-7-11/h3-9,12-13,15-16H,2,10H2,1H3/t12-,13+,15+,16-/m0/s1. The lowest BCUT2D eigenvalue weighted by Crippen LogP contribution is -2.25. The molecule has 0 saturated heterocycles. The average Bonchev–Trinajstić information content (AvgIpc) is 2.99. The monoisotopic (exact) mass is 226 g/mol. The average molecular weight is 226 g/mol. The fraction of sp³-hybridized carbons (Fsp3) is 0.438. The largest absolute Gasteiger partial charge is 0.299 e. The highest BCUT2D eigenvalue weighted by atomic mass is 16.1. The summed E-state index contributed by atoms with van der Waals surface area (Å²) < 4.78 is 0. The molecule has 2 aliphatic rings. The third kappa shape index (κ3) is 1.65. The molecular formula is C16H18O. The molecule has 0 aliphatic heterocycles. The van der Waals surface area contributed by atoms with Crippen LogP contribution in [-0.2, 0) is 4.79 Å². The summed E-state index contributed by atoms with van der Waals surface area (Å²) in [5.74, 6) is 2.19. The number of allylic oxidation sites excluding steroid dienone is 2. The van der Waals surface area contributed by atoms with Gasteiger partial charge in [0.1, 0.15) is 5.78 Å². The molecule has 1 saturated carbocycles. The van der Waals surface area contributed by atoms with Gasteiger partial charge < -0.3 is 0 Å². The van der Waals surface area contributed by atoms with Gasteiger partial charge in [-0.05, 0) is 23.8 Å². The van der Waals surface area contributed by atoms with Crippen molar-refractivity contribution in [2.24, 2.45) is 17.8 Å². The van der Waals surface area contributed by atoms with Crippen molar-refractivity contribution in [2.75, 3.05) is 0 Å². The molecule has 0 amide bonds. The highest BCUT2D eigenvalue weighted by molar-refractivity contribution is 5.83. The van der Waals surface area contributed by atoms with E-state index in [4.69, 9.17) is 0 Å². The van der Waals surface area contributed by atoms with Crippen LogP contribution < -0.4 is 0 Å². The summed E-state index contributed by atoms with van der Waals surface area (Å²) >= 11 is 0. The number of carbonyl (C=O) groups excluding carboxylic acids is 1. The molecule has 0 aromatic heterocycles. The molecule has 1 fully saturated rings. The number of ketones is 1. The minimum absolute atomic E-state index is 0.234. The maximum atomic E-state index is 12.2. The Morgan fingerprint density at radius 1 is 1.18 bits per heavy atom. The molecule has 88 valence electrons. The van der Waals surface area contributed by atoms with Gasteiger partial charge in [0.15, 0.2) is 0 Å². The smallest absolute Gasteiger partial charge is 0.136 e. The van der Waals surface area contributed by atoms with Crippen molar-refractivity contribution in [3.05, 3.63) is 48.0 Å². The predicted molar refractivity (Wildman–Crippen MR) is 68.7 cm³/mol. The first-order valence-corrected chi connectivity index (χ1v) is 6.57. The van der Waals surface area contributed by atoms with Crippen molar-refractivity contribution >= 4 is 5.78 Å². The van der Waals surface area contributed by atoms with Gasteiger partial charge in [-0.2, -0.15) is 0 Å². The number of hydrogen-bond acceptors (Lipinski definition) is 1. The van der Waals surface area contributed by atoms with Crippen LogP contribution in [0.1, 0.15) is 31.2 Å². The second-order valence-electron chi connectivity index (χ2n) is 5.23.